The van der Waals surface area contributed by atoms with Crippen LogP contribution >= 0.6 is 0 Å². The van der Waals surface area contributed by atoms with E-state index in [0.29, 0.717) is 23.1 Å². The van der Waals surface area contributed by atoms with Crippen molar-refractivity contribution in [1.82, 2.24) is 4.98 Å². The number of benzene rings is 1. The molecule has 1 aromatic carbocycles. The second-order valence-electron chi connectivity index (χ2n) is 4.48. The van der Waals surface area contributed by atoms with E-state index in [1.807, 2.05) is 11.0 Å². The molecule has 2 aromatic rings. The molecule has 0 radical (unpaired) electrons. The highest BCUT2D eigenvalue weighted by atomic mass is 19.1. The summed E-state index contributed by atoms with van der Waals surface area (Å²) in [5.74, 6) is -1.22. The van der Waals surface area contributed by atoms with Crippen molar-refractivity contribution >= 4 is 22.6 Å². The fraction of sp³-hybridized carbons (Fsp3) is 0.286. The van der Waals surface area contributed by atoms with E-state index in [9.17, 15) is 9.18 Å². The Morgan fingerprint density at radius 2 is 2.21 bits per heavy atom. The van der Waals surface area contributed by atoms with Gasteiger partial charge >= 0.3 is 5.97 Å². The maximum Gasteiger partial charge on any atom is 0.305 e. The number of rotatable bonds is 4. The predicted octanol–water partition coefficient (Wildman–Crippen LogP) is 2.59. The molecule has 1 heterocycles. The largest absolute Gasteiger partial charge is 0.481 e. The minimum atomic E-state index is -0.854. The Kier molecular flexibility index (Phi) is 3.64. The van der Waals surface area contributed by atoms with E-state index in [2.05, 4.69) is 4.98 Å². The molecule has 19 heavy (non-hydrogen) atoms. The number of para-hydroxylation sites is 1. The number of aliphatic carboxylic acids is 1. The van der Waals surface area contributed by atoms with Crippen LogP contribution in [0.3, 0.4) is 0 Å². The average Bonchev–Trinajstić information content (AvgIpc) is 2.36. The summed E-state index contributed by atoms with van der Waals surface area (Å²) in [5, 5.41) is 9.42. The van der Waals surface area contributed by atoms with Crippen molar-refractivity contribution in [2.45, 2.75) is 13.3 Å². The van der Waals surface area contributed by atoms with E-state index in [1.165, 1.54) is 6.07 Å². The van der Waals surface area contributed by atoms with E-state index < -0.39 is 5.97 Å². The lowest BCUT2D eigenvalue weighted by atomic mass is 10.1. The van der Waals surface area contributed by atoms with Gasteiger partial charge in [-0.15, -0.1) is 0 Å². The first-order valence-electron chi connectivity index (χ1n) is 5.98. The van der Waals surface area contributed by atoms with Gasteiger partial charge in [-0.3, -0.25) is 4.79 Å². The number of carboxylic acid groups (broad SMARTS) is 1. The van der Waals surface area contributed by atoms with Gasteiger partial charge in [-0.2, -0.15) is 0 Å². The Bertz CT molecular complexity index is 628. The Morgan fingerprint density at radius 3 is 2.89 bits per heavy atom. The van der Waals surface area contributed by atoms with Gasteiger partial charge in [0.15, 0.2) is 0 Å². The first-order chi connectivity index (χ1) is 8.99. The maximum absolute atomic E-state index is 13.7. The summed E-state index contributed by atoms with van der Waals surface area (Å²) in [7, 11) is 1.79. The van der Waals surface area contributed by atoms with Crippen LogP contribution in [-0.2, 0) is 4.79 Å². The van der Waals surface area contributed by atoms with Gasteiger partial charge in [-0.25, -0.2) is 9.37 Å². The van der Waals surface area contributed by atoms with Gasteiger partial charge in [0.1, 0.15) is 11.3 Å². The van der Waals surface area contributed by atoms with Gasteiger partial charge in [-0.05, 0) is 19.1 Å². The lowest BCUT2D eigenvalue weighted by Gasteiger charge is -2.20. The number of halogens is 1. The second kappa shape index (κ2) is 5.22. The van der Waals surface area contributed by atoms with Crippen molar-refractivity contribution in [3.63, 3.8) is 0 Å². The lowest BCUT2D eigenvalue weighted by molar-refractivity contribution is -0.136. The lowest BCUT2D eigenvalue weighted by Crippen LogP contribution is -2.21. The molecule has 0 saturated heterocycles. The molecule has 4 nitrogen and oxygen atoms in total. The first-order valence-corrected chi connectivity index (χ1v) is 5.98. The van der Waals surface area contributed by atoms with E-state index in [4.69, 9.17) is 5.11 Å². The van der Waals surface area contributed by atoms with Crippen LogP contribution < -0.4 is 4.90 Å². The SMILES string of the molecule is Cc1cc(N(C)CCC(=O)O)c2cccc(F)c2n1. The highest BCUT2D eigenvalue weighted by Gasteiger charge is 2.12. The topological polar surface area (TPSA) is 53.4 Å². The summed E-state index contributed by atoms with van der Waals surface area (Å²) in [6.07, 6.45) is 0.0364. The van der Waals surface area contributed by atoms with E-state index in [-0.39, 0.29) is 12.2 Å². The van der Waals surface area contributed by atoms with E-state index >= 15 is 0 Å². The molecule has 5 heteroatoms. The Hall–Kier alpha value is -2.17. The molecule has 0 unspecified atom stereocenters. The Morgan fingerprint density at radius 1 is 1.47 bits per heavy atom. The van der Waals surface area contributed by atoms with Crippen LogP contribution in [0.2, 0.25) is 0 Å². The third-order valence-electron chi connectivity index (χ3n) is 2.97. The smallest absolute Gasteiger partial charge is 0.305 e. The number of carbonyl (C=O) groups is 1. The van der Waals surface area contributed by atoms with Gasteiger partial charge < -0.3 is 10.0 Å². The van der Waals surface area contributed by atoms with Crippen molar-refractivity contribution in [1.29, 1.82) is 0 Å². The van der Waals surface area contributed by atoms with Crippen molar-refractivity contribution in [2.24, 2.45) is 0 Å². The molecular formula is C14H15FN2O2. The molecule has 2 rings (SSSR count). The molecule has 0 saturated carbocycles. The molecule has 0 aliphatic rings. The summed E-state index contributed by atoms with van der Waals surface area (Å²) in [5.41, 5.74) is 1.82. The van der Waals surface area contributed by atoms with Crippen molar-refractivity contribution in [2.75, 3.05) is 18.5 Å². The van der Waals surface area contributed by atoms with Gasteiger partial charge in [0.25, 0.3) is 0 Å². The van der Waals surface area contributed by atoms with Gasteiger partial charge in [0, 0.05) is 30.4 Å². The van der Waals surface area contributed by atoms with E-state index in [0.717, 1.165) is 5.69 Å². The average molecular weight is 262 g/mol. The molecule has 0 aliphatic heterocycles. The van der Waals surface area contributed by atoms with Crippen molar-refractivity contribution in [3.8, 4) is 0 Å². The zero-order valence-electron chi connectivity index (χ0n) is 10.9. The van der Waals surface area contributed by atoms with Gasteiger partial charge in [0.05, 0.1) is 6.42 Å². The molecule has 100 valence electrons. The fourth-order valence-corrected chi connectivity index (χ4v) is 2.02. The minimum Gasteiger partial charge on any atom is -0.481 e. The number of anilines is 1. The summed E-state index contributed by atoms with van der Waals surface area (Å²) in [6, 6.07) is 6.63. The quantitative estimate of drug-likeness (QED) is 0.920. The molecule has 0 bridgehead atoms. The summed E-state index contributed by atoms with van der Waals surface area (Å²) >= 11 is 0. The number of aromatic nitrogens is 1. The number of pyridine rings is 1. The molecule has 0 amide bonds. The Labute approximate surface area is 110 Å². The minimum absolute atomic E-state index is 0.0364. The number of hydrogen-bond donors (Lipinski definition) is 1. The monoisotopic (exact) mass is 262 g/mol. The zero-order chi connectivity index (χ0) is 14.0. The van der Waals surface area contributed by atoms with Crippen molar-refractivity contribution in [3.05, 3.63) is 35.8 Å². The normalized spacial score (nSPS) is 10.7. The summed E-state index contributed by atoms with van der Waals surface area (Å²) in [6.45, 7) is 2.16. The molecule has 0 aliphatic carbocycles. The molecule has 1 N–H and O–H groups in total. The molecule has 0 fully saturated rings. The number of hydrogen-bond acceptors (Lipinski definition) is 3. The first kappa shape index (κ1) is 13.3. The maximum atomic E-state index is 13.7. The molecule has 0 spiro atoms. The Balaban J connectivity index is 2.47. The van der Waals surface area contributed by atoms with Crippen LogP contribution in [0.4, 0.5) is 10.1 Å². The summed E-state index contributed by atoms with van der Waals surface area (Å²) in [4.78, 5) is 16.6. The number of nitrogens with zero attached hydrogens (tertiary/aromatic N) is 2. The van der Waals surface area contributed by atoms with Crippen molar-refractivity contribution < 1.29 is 14.3 Å². The van der Waals surface area contributed by atoms with Crippen LogP contribution in [0.1, 0.15) is 12.1 Å². The van der Waals surface area contributed by atoms with Gasteiger partial charge in [-0.1, -0.05) is 12.1 Å². The number of carboxylic acids is 1. The second-order valence-corrected chi connectivity index (χ2v) is 4.48. The highest BCUT2D eigenvalue weighted by Crippen LogP contribution is 2.27. The predicted molar refractivity (Wildman–Crippen MR) is 72.0 cm³/mol. The van der Waals surface area contributed by atoms with Crippen LogP contribution in [0.15, 0.2) is 24.3 Å². The summed E-state index contributed by atoms with van der Waals surface area (Å²) < 4.78 is 13.7. The fourth-order valence-electron chi connectivity index (χ4n) is 2.02. The van der Waals surface area contributed by atoms with Crippen LogP contribution in [-0.4, -0.2) is 29.7 Å². The van der Waals surface area contributed by atoms with E-state index in [1.54, 1.807) is 26.1 Å². The third kappa shape index (κ3) is 2.81. The zero-order valence-corrected chi connectivity index (χ0v) is 10.9. The molecule has 0 atom stereocenters. The molecular weight excluding hydrogens is 247 g/mol. The standard InChI is InChI=1S/C14H15FN2O2/c1-9-8-12(17(2)7-6-13(18)19)10-4-3-5-11(15)14(10)16-9/h3-5,8H,6-7H2,1-2H3,(H,18,19). The number of fused-ring (bicyclic) bond motifs is 1. The van der Waals surface area contributed by atoms with Gasteiger partial charge in [0.2, 0.25) is 0 Å². The van der Waals surface area contributed by atoms with Crippen LogP contribution in [0, 0.1) is 12.7 Å². The number of aryl methyl sites for hydroxylation is 1. The molecule has 1 aromatic heterocycles. The third-order valence-corrected chi connectivity index (χ3v) is 2.97. The van der Waals surface area contributed by atoms with Crippen LogP contribution in [0.5, 0.6) is 0 Å². The van der Waals surface area contributed by atoms with Crippen LogP contribution in [0.25, 0.3) is 10.9 Å². The highest BCUT2D eigenvalue weighted by molar-refractivity contribution is 5.92.